The lowest BCUT2D eigenvalue weighted by molar-refractivity contribution is 0.344. The number of nitrogens with zero attached hydrogens (tertiary/aromatic N) is 4. The van der Waals surface area contributed by atoms with E-state index in [1.165, 1.54) is 22.4 Å². The van der Waals surface area contributed by atoms with Crippen LogP contribution in [0.1, 0.15) is 11.5 Å². The van der Waals surface area contributed by atoms with Crippen LogP contribution in [0.5, 0.6) is 0 Å². The van der Waals surface area contributed by atoms with Crippen LogP contribution in [0.3, 0.4) is 0 Å². The molecule has 0 spiro atoms. The second-order valence-corrected chi connectivity index (χ2v) is 6.15. The third-order valence-electron chi connectivity index (χ3n) is 3.39. The van der Waals surface area contributed by atoms with Crippen molar-refractivity contribution in [3.8, 4) is 11.4 Å². The van der Waals surface area contributed by atoms with Crippen molar-refractivity contribution in [1.82, 2.24) is 24.7 Å². The minimum Gasteiger partial charge on any atom is -0.375 e. The Morgan fingerprint density at radius 3 is 2.88 bits per heavy atom. The molecule has 3 aromatic heterocycles. The fourth-order valence-electron chi connectivity index (χ4n) is 2.32. The predicted octanol–water partition coefficient (Wildman–Crippen LogP) is 2.67. The van der Waals surface area contributed by atoms with Gasteiger partial charge in [-0.05, 0) is 6.92 Å². The molecule has 0 aliphatic heterocycles. The van der Waals surface area contributed by atoms with E-state index in [-0.39, 0.29) is 5.56 Å². The zero-order chi connectivity index (χ0) is 16.5. The van der Waals surface area contributed by atoms with Gasteiger partial charge in [-0.3, -0.25) is 9.89 Å². The highest BCUT2D eigenvalue weighted by atomic mass is 32.2. The zero-order valence-corrected chi connectivity index (χ0v) is 13.6. The maximum absolute atomic E-state index is 12.0. The predicted molar refractivity (Wildman–Crippen MR) is 89.8 cm³/mol. The smallest absolute Gasteiger partial charge is 0.287 e. The lowest BCUT2D eigenvalue weighted by Gasteiger charge is -1.98. The van der Waals surface area contributed by atoms with E-state index in [1.807, 2.05) is 30.3 Å². The Morgan fingerprint density at radius 1 is 1.21 bits per heavy atom. The van der Waals surface area contributed by atoms with Gasteiger partial charge in [0.1, 0.15) is 5.76 Å². The van der Waals surface area contributed by atoms with Gasteiger partial charge in [-0.2, -0.15) is 0 Å². The van der Waals surface area contributed by atoms with Crippen LogP contribution in [0, 0.1) is 6.92 Å². The van der Waals surface area contributed by atoms with E-state index in [1.54, 1.807) is 13.0 Å². The van der Waals surface area contributed by atoms with Gasteiger partial charge in [-0.25, -0.2) is 9.97 Å². The molecule has 7 nitrogen and oxygen atoms in total. The van der Waals surface area contributed by atoms with Gasteiger partial charge in [0, 0.05) is 23.4 Å². The number of aryl methyl sites for hydroxylation is 1. The van der Waals surface area contributed by atoms with Crippen LogP contribution in [0.15, 0.2) is 56.9 Å². The molecule has 4 aromatic rings. The van der Waals surface area contributed by atoms with E-state index in [0.29, 0.717) is 33.8 Å². The average molecular weight is 339 g/mol. The Morgan fingerprint density at radius 2 is 2.04 bits per heavy atom. The first-order valence-electron chi connectivity index (χ1n) is 7.29. The van der Waals surface area contributed by atoms with E-state index < -0.39 is 0 Å². The number of hydrogen-bond acceptors (Lipinski definition) is 6. The van der Waals surface area contributed by atoms with Gasteiger partial charge in [-0.15, -0.1) is 9.67 Å². The van der Waals surface area contributed by atoms with Crippen LogP contribution >= 0.6 is 11.8 Å². The highest BCUT2D eigenvalue weighted by Gasteiger charge is 2.10. The van der Waals surface area contributed by atoms with Crippen LogP contribution in [0.4, 0.5) is 0 Å². The summed E-state index contributed by atoms with van der Waals surface area (Å²) in [7, 11) is 0. The van der Waals surface area contributed by atoms with Gasteiger partial charge in [0.2, 0.25) is 5.16 Å². The van der Waals surface area contributed by atoms with Crippen molar-refractivity contribution in [3.63, 3.8) is 0 Å². The monoisotopic (exact) mass is 339 g/mol. The van der Waals surface area contributed by atoms with Crippen molar-refractivity contribution in [1.29, 1.82) is 0 Å². The molecule has 0 bridgehead atoms. The van der Waals surface area contributed by atoms with Crippen molar-refractivity contribution >= 4 is 17.4 Å². The van der Waals surface area contributed by atoms with Gasteiger partial charge in [0.25, 0.3) is 5.56 Å². The molecular formula is C16H13N5O2S. The van der Waals surface area contributed by atoms with E-state index in [2.05, 4.69) is 20.2 Å². The Labute approximate surface area is 140 Å². The van der Waals surface area contributed by atoms with Crippen LogP contribution in [-0.4, -0.2) is 24.7 Å². The van der Waals surface area contributed by atoms with E-state index in [4.69, 9.17) is 4.52 Å². The molecule has 0 saturated heterocycles. The van der Waals surface area contributed by atoms with Gasteiger partial charge >= 0.3 is 0 Å². The first-order valence-corrected chi connectivity index (χ1v) is 8.28. The van der Waals surface area contributed by atoms with Gasteiger partial charge in [0.05, 0.1) is 5.69 Å². The molecule has 3 heterocycles. The van der Waals surface area contributed by atoms with Gasteiger partial charge in [0.15, 0.2) is 11.5 Å². The molecule has 0 unspecified atom stereocenters. The van der Waals surface area contributed by atoms with Crippen LogP contribution in [0.25, 0.3) is 17.0 Å². The summed E-state index contributed by atoms with van der Waals surface area (Å²) in [4.78, 5) is 20.9. The third-order valence-corrected chi connectivity index (χ3v) is 4.27. The molecule has 0 radical (unpaired) electrons. The molecule has 0 fully saturated rings. The number of hydrogen-bond donors (Lipinski definition) is 1. The summed E-state index contributed by atoms with van der Waals surface area (Å²) in [5.41, 5.74) is 1.92. The van der Waals surface area contributed by atoms with Crippen molar-refractivity contribution in [3.05, 3.63) is 64.3 Å². The summed E-state index contributed by atoms with van der Waals surface area (Å²) in [6.07, 6.45) is 0. The molecule has 120 valence electrons. The number of nitrogens with one attached hydrogen (secondary N) is 1. The van der Waals surface area contributed by atoms with Crippen LogP contribution in [0.2, 0.25) is 0 Å². The van der Waals surface area contributed by atoms with Crippen molar-refractivity contribution in [2.24, 2.45) is 0 Å². The maximum atomic E-state index is 12.0. The van der Waals surface area contributed by atoms with Crippen LogP contribution in [-0.2, 0) is 5.75 Å². The summed E-state index contributed by atoms with van der Waals surface area (Å²) >= 11 is 1.42. The minimum atomic E-state index is -0.233. The molecule has 0 atom stereocenters. The van der Waals surface area contributed by atoms with E-state index in [0.717, 1.165) is 5.56 Å². The third kappa shape index (κ3) is 2.83. The fraction of sp³-hybridized carbons (Fsp3) is 0.125. The molecular weight excluding hydrogens is 326 g/mol. The number of benzene rings is 1. The number of rotatable bonds is 4. The van der Waals surface area contributed by atoms with Crippen LogP contribution < -0.4 is 5.56 Å². The molecule has 0 saturated carbocycles. The molecule has 8 heteroatoms. The quantitative estimate of drug-likeness (QED) is 0.575. The Bertz CT molecular complexity index is 1050. The Balaban J connectivity index is 1.53. The summed E-state index contributed by atoms with van der Waals surface area (Å²) in [6.45, 7) is 1.78. The van der Waals surface area contributed by atoms with Crippen molar-refractivity contribution in [2.45, 2.75) is 17.8 Å². The summed E-state index contributed by atoms with van der Waals surface area (Å²) in [6, 6.07) is 13.0. The molecule has 24 heavy (non-hydrogen) atoms. The lowest BCUT2D eigenvalue weighted by Crippen LogP contribution is -2.12. The lowest BCUT2D eigenvalue weighted by atomic mass is 10.2. The number of aromatic amines is 1. The molecule has 0 amide bonds. The molecule has 0 aliphatic rings. The number of H-pyrrole nitrogens is 1. The highest BCUT2D eigenvalue weighted by Crippen LogP contribution is 2.21. The first-order chi connectivity index (χ1) is 11.7. The molecule has 4 rings (SSSR count). The highest BCUT2D eigenvalue weighted by molar-refractivity contribution is 7.98. The van der Waals surface area contributed by atoms with Crippen molar-refractivity contribution < 1.29 is 4.52 Å². The topological polar surface area (TPSA) is 89.1 Å². The Hall–Kier alpha value is -2.87. The summed E-state index contributed by atoms with van der Waals surface area (Å²) in [5, 5.41) is 7.72. The minimum absolute atomic E-state index is 0.233. The standard InChI is InChI=1S/C16H13N5O2S/c1-10-7-13-17-12(8-14(22)21(13)23-10)9-24-16-18-15(19-20-16)11-5-3-2-4-6-11/h2-8H,9H2,1H3,(H,18,19,20). The molecule has 0 aliphatic carbocycles. The van der Waals surface area contributed by atoms with Crippen molar-refractivity contribution in [2.75, 3.05) is 0 Å². The zero-order valence-electron chi connectivity index (χ0n) is 12.8. The molecule has 1 N–H and O–H groups in total. The Kier molecular flexibility index (Phi) is 3.66. The van der Waals surface area contributed by atoms with Gasteiger partial charge < -0.3 is 4.52 Å². The maximum Gasteiger partial charge on any atom is 0.287 e. The second kappa shape index (κ2) is 5.97. The number of aromatic nitrogens is 5. The summed E-state index contributed by atoms with van der Waals surface area (Å²) < 4.78 is 6.46. The normalized spacial score (nSPS) is 11.2. The second-order valence-electron chi connectivity index (χ2n) is 5.21. The first kappa shape index (κ1) is 14.7. The number of thioether (sulfide) groups is 1. The number of fused-ring (bicyclic) bond motifs is 1. The fourth-order valence-corrected chi connectivity index (χ4v) is 3.01. The average Bonchev–Trinajstić information content (AvgIpc) is 3.20. The van der Waals surface area contributed by atoms with E-state index in [9.17, 15) is 4.79 Å². The van der Waals surface area contributed by atoms with Gasteiger partial charge in [-0.1, -0.05) is 42.1 Å². The summed E-state index contributed by atoms with van der Waals surface area (Å²) in [5.74, 6) is 1.86. The SMILES string of the molecule is Cc1cc2nc(CSc3n[nH]c(-c4ccccc4)n3)cc(=O)n2o1. The largest absolute Gasteiger partial charge is 0.375 e. The van der Waals surface area contributed by atoms with E-state index >= 15 is 0 Å². The molecule has 1 aromatic carbocycles.